The predicted molar refractivity (Wildman–Crippen MR) is 216 cm³/mol. The molecule has 0 spiro atoms. The molecule has 0 saturated heterocycles. The second-order valence-electron chi connectivity index (χ2n) is 13.2. The number of benzene rings is 10. The summed E-state index contributed by atoms with van der Waals surface area (Å²) in [6.07, 6.45) is 0. The quantitative estimate of drug-likeness (QED) is 0.134. The van der Waals surface area contributed by atoms with Crippen molar-refractivity contribution in [3.63, 3.8) is 0 Å². The van der Waals surface area contributed by atoms with E-state index < -0.39 is 0 Å². The van der Waals surface area contributed by atoms with Crippen LogP contribution < -0.4 is 0 Å². The third-order valence-corrected chi connectivity index (χ3v) is 10.4. The van der Waals surface area contributed by atoms with Crippen molar-refractivity contribution >= 4 is 53.9 Å². The molecule has 0 heteroatoms. The highest BCUT2D eigenvalue weighted by Crippen LogP contribution is 2.46. The van der Waals surface area contributed by atoms with E-state index in [1.54, 1.807) is 0 Å². The Kier molecular flexibility index (Phi) is 6.60. The topological polar surface area (TPSA) is 0 Å². The molecule has 0 aliphatic carbocycles. The molecule has 0 aromatic heterocycles. The van der Waals surface area contributed by atoms with E-state index in [0.717, 1.165) is 0 Å². The van der Waals surface area contributed by atoms with Crippen molar-refractivity contribution < 1.29 is 0 Å². The lowest BCUT2D eigenvalue weighted by atomic mass is 9.84. The van der Waals surface area contributed by atoms with Crippen molar-refractivity contribution in [2.75, 3.05) is 0 Å². The van der Waals surface area contributed by atoms with Crippen LogP contribution in [-0.4, -0.2) is 0 Å². The first kappa shape index (κ1) is 28.5. The SMILES string of the molecule is c1ccc(-c2cccc(-c3c4ccccc4c(-c4ccc5cc(-c6cccc7ccccc67)c6ccccc6c5c4)c4ccccc34)c2)cc1. The first-order chi connectivity index (χ1) is 24.8. The average Bonchev–Trinajstić information content (AvgIpc) is 3.19. The van der Waals surface area contributed by atoms with Gasteiger partial charge in [-0.1, -0.05) is 176 Å². The van der Waals surface area contributed by atoms with Gasteiger partial charge in [0.25, 0.3) is 0 Å². The Labute approximate surface area is 291 Å². The summed E-state index contributed by atoms with van der Waals surface area (Å²) in [5.41, 5.74) is 10.0. The summed E-state index contributed by atoms with van der Waals surface area (Å²) in [6.45, 7) is 0. The van der Waals surface area contributed by atoms with Crippen LogP contribution in [0, 0.1) is 0 Å². The van der Waals surface area contributed by atoms with Gasteiger partial charge < -0.3 is 0 Å². The van der Waals surface area contributed by atoms with Gasteiger partial charge >= 0.3 is 0 Å². The lowest BCUT2D eigenvalue weighted by molar-refractivity contribution is 1.61. The molecule has 10 aromatic carbocycles. The first-order valence-electron chi connectivity index (χ1n) is 17.4. The Morgan fingerprint density at radius 3 is 1.40 bits per heavy atom. The normalized spacial score (nSPS) is 11.6. The van der Waals surface area contributed by atoms with Crippen LogP contribution in [0.25, 0.3) is 98.4 Å². The van der Waals surface area contributed by atoms with Crippen LogP contribution in [-0.2, 0) is 0 Å². The summed E-state index contributed by atoms with van der Waals surface area (Å²) < 4.78 is 0. The zero-order valence-electron chi connectivity index (χ0n) is 27.5. The van der Waals surface area contributed by atoms with Crippen LogP contribution in [0.1, 0.15) is 0 Å². The molecule has 0 unspecified atom stereocenters. The largest absolute Gasteiger partial charge is 0.0622 e. The molecule has 0 aliphatic heterocycles. The highest BCUT2D eigenvalue weighted by molar-refractivity contribution is 6.23. The summed E-state index contributed by atoms with van der Waals surface area (Å²) in [7, 11) is 0. The maximum absolute atomic E-state index is 2.43. The van der Waals surface area contributed by atoms with Crippen LogP contribution in [0.15, 0.2) is 194 Å². The summed E-state index contributed by atoms with van der Waals surface area (Å²) >= 11 is 0. The number of fused-ring (bicyclic) bond motifs is 6. The van der Waals surface area contributed by atoms with Gasteiger partial charge in [0.15, 0.2) is 0 Å². The molecule has 0 amide bonds. The molecular formula is C50H32. The van der Waals surface area contributed by atoms with Crippen LogP contribution >= 0.6 is 0 Å². The maximum atomic E-state index is 2.43. The molecule has 10 rings (SSSR count). The fraction of sp³-hybridized carbons (Fsp3) is 0. The van der Waals surface area contributed by atoms with Gasteiger partial charge in [0, 0.05) is 0 Å². The van der Waals surface area contributed by atoms with Crippen LogP contribution in [0.2, 0.25) is 0 Å². The summed E-state index contributed by atoms with van der Waals surface area (Å²) in [5.74, 6) is 0. The molecule has 232 valence electrons. The lowest BCUT2D eigenvalue weighted by Gasteiger charge is -2.19. The van der Waals surface area contributed by atoms with E-state index in [0.29, 0.717) is 0 Å². The maximum Gasteiger partial charge on any atom is -0.00261 e. The van der Waals surface area contributed by atoms with Gasteiger partial charge in [-0.25, -0.2) is 0 Å². The molecule has 0 aliphatic rings. The molecule has 0 saturated carbocycles. The van der Waals surface area contributed by atoms with E-state index in [-0.39, 0.29) is 0 Å². The molecule has 0 N–H and O–H groups in total. The summed E-state index contributed by atoms with van der Waals surface area (Å²) in [5, 5.41) is 12.7. The van der Waals surface area contributed by atoms with Gasteiger partial charge in [0.05, 0.1) is 0 Å². The number of hydrogen-bond donors (Lipinski definition) is 0. The highest BCUT2D eigenvalue weighted by Gasteiger charge is 2.18. The van der Waals surface area contributed by atoms with Crippen LogP contribution in [0.4, 0.5) is 0 Å². The molecule has 0 fully saturated rings. The second kappa shape index (κ2) is 11.6. The van der Waals surface area contributed by atoms with Gasteiger partial charge in [0.1, 0.15) is 0 Å². The van der Waals surface area contributed by atoms with E-state index in [1.807, 2.05) is 0 Å². The lowest BCUT2D eigenvalue weighted by Crippen LogP contribution is -1.92. The van der Waals surface area contributed by atoms with Crippen molar-refractivity contribution in [1.82, 2.24) is 0 Å². The van der Waals surface area contributed by atoms with Crippen LogP contribution in [0.5, 0.6) is 0 Å². The van der Waals surface area contributed by atoms with Crippen LogP contribution in [0.3, 0.4) is 0 Å². The Morgan fingerprint density at radius 2 is 0.700 bits per heavy atom. The Bertz CT molecular complexity index is 2850. The summed E-state index contributed by atoms with van der Waals surface area (Å²) in [4.78, 5) is 0. The van der Waals surface area contributed by atoms with Gasteiger partial charge in [-0.05, 0) is 117 Å². The molecule has 50 heavy (non-hydrogen) atoms. The van der Waals surface area contributed by atoms with Crippen molar-refractivity contribution in [3.8, 4) is 44.5 Å². The van der Waals surface area contributed by atoms with Gasteiger partial charge in [0.2, 0.25) is 0 Å². The number of hydrogen-bond acceptors (Lipinski definition) is 0. The smallest absolute Gasteiger partial charge is 0.00261 e. The van der Waals surface area contributed by atoms with E-state index in [4.69, 9.17) is 0 Å². The molecule has 0 bridgehead atoms. The van der Waals surface area contributed by atoms with Crippen molar-refractivity contribution in [1.29, 1.82) is 0 Å². The minimum absolute atomic E-state index is 1.23. The number of rotatable bonds is 4. The van der Waals surface area contributed by atoms with Gasteiger partial charge in [-0.2, -0.15) is 0 Å². The monoisotopic (exact) mass is 632 g/mol. The highest BCUT2D eigenvalue weighted by atomic mass is 14.2. The Morgan fingerprint density at radius 1 is 0.200 bits per heavy atom. The minimum atomic E-state index is 1.23. The first-order valence-corrected chi connectivity index (χ1v) is 17.4. The zero-order valence-corrected chi connectivity index (χ0v) is 27.5. The molecule has 0 heterocycles. The zero-order chi connectivity index (χ0) is 33.0. The van der Waals surface area contributed by atoms with E-state index in [1.165, 1.54) is 98.4 Å². The third-order valence-electron chi connectivity index (χ3n) is 10.4. The van der Waals surface area contributed by atoms with Gasteiger partial charge in [-0.3, -0.25) is 0 Å². The Hall–Kier alpha value is -6.50. The minimum Gasteiger partial charge on any atom is -0.0622 e. The molecule has 0 radical (unpaired) electrons. The Balaban J connectivity index is 1.22. The fourth-order valence-electron chi connectivity index (χ4n) is 8.18. The summed E-state index contributed by atoms with van der Waals surface area (Å²) in [6, 6.07) is 71.3. The van der Waals surface area contributed by atoms with Crippen molar-refractivity contribution in [3.05, 3.63) is 194 Å². The van der Waals surface area contributed by atoms with Crippen molar-refractivity contribution in [2.24, 2.45) is 0 Å². The molecular weight excluding hydrogens is 601 g/mol. The van der Waals surface area contributed by atoms with E-state index >= 15 is 0 Å². The standard InChI is InChI=1S/C50H32/c1-2-14-33(15-3-1)35-18-12-19-37(30-35)49-43-23-8-10-25-45(43)50(46-26-11-9-24-44(46)49)38-29-28-36-31-48(42-22-7-6-21-41(42)47(36)32-38)40-27-13-17-34-16-4-5-20-39(34)40/h1-32H. The molecule has 0 atom stereocenters. The van der Waals surface area contributed by atoms with Gasteiger partial charge in [-0.15, -0.1) is 0 Å². The molecule has 10 aromatic rings. The average molecular weight is 633 g/mol. The predicted octanol–water partition coefficient (Wildman–Crippen LogP) is 14.1. The molecule has 0 nitrogen and oxygen atoms in total. The fourth-order valence-corrected chi connectivity index (χ4v) is 8.18. The van der Waals surface area contributed by atoms with E-state index in [9.17, 15) is 0 Å². The second-order valence-corrected chi connectivity index (χ2v) is 13.2. The third kappa shape index (κ3) is 4.54. The van der Waals surface area contributed by atoms with E-state index in [2.05, 4.69) is 194 Å². The van der Waals surface area contributed by atoms with Crippen molar-refractivity contribution in [2.45, 2.75) is 0 Å².